The summed E-state index contributed by atoms with van der Waals surface area (Å²) in [6, 6.07) is 3.71. The standard InChI is InChI=1S/C14H24N2O4S/c1-14(2,7-8-17)10-16-21(18,19)13-6-5-12(20-13)9-15-11-3-4-11/h5-6,11,15-17H,3-4,7-10H2,1-2H3. The minimum atomic E-state index is -3.64. The lowest BCUT2D eigenvalue weighted by Gasteiger charge is -2.23. The van der Waals surface area contributed by atoms with E-state index in [2.05, 4.69) is 10.0 Å². The third kappa shape index (κ3) is 5.10. The van der Waals surface area contributed by atoms with E-state index in [0.717, 1.165) is 0 Å². The molecule has 6 nitrogen and oxygen atoms in total. The lowest BCUT2D eigenvalue weighted by atomic mass is 9.90. The van der Waals surface area contributed by atoms with Crippen molar-refractivity contribution in [3.63, 3.8) is 0 Å². The van der Waals surface area contributed by atoms with Crippen LogP contribution in [0.3, 0.4) is 0 Å². The van der Waals surface area contributed by atoms with E-state index in [1.807, 2.05) is 13.8 Å². The van der Waals surface area contributed by atoms with E-state index in [-0.39, 0.29) is 23.7 Å². The van der Waals surface area contributed by atoms with Crippen molar-refractivity contribution >= 4 is 10.0 Å². The molecule has 1 aromatic heterocycles. The molecule has 1 aromatic rings. The summed E-state index contributed by atoms with van der Waals surface area (Å²) in [6.07, 6.45) is 2.88. The average molecular weight is 316 g/mol. The molecule has 0 saturated heterocycles. The third-order valence-corrected chi connectivity index (χ3v) is 4.85. The number of sulfonamides is 1. The molecule has 0 unspecified atom stereocenters. The number of hydrogen-bond acceptors (Lipinski definition) is 5. The lowest BCUT2D eigenvalue weighted by Crippen LogP contribution is -2.34. The van der Waals surface area contributed by atoms with Crippen molar-refractivity contribution in [3.05, 3.63) is 17.9 Å². The van der Waals surface area contributed by atoms with Gasteiger partial charge < -0.3 is 14.8 Å². The van der Waals surface area contributed by atoms with Gasteiger partial charge in [-0.15, -0.1) is 0 Å². The van der Waals surface area contributed by atoms with Gasteiger partial charge in [0.2, 0.25) is 5.09 Å². The van der Waals surface area contributed by atoms with Crippen molar-refractivity contribution in [1.82, 2.24) is 10.0 Å². The van der Waals surface area contributed by atoms with E-state index in [4.69, 9.17) is 9.52 Å². The Morgan fingerprint density at radius 3 is 2.71 bits per heavy atom. The van der Waals surface area contributed by atoms with Crippen LogP contribution >= 0.6 is 0 Å². The quantitative estimate of drug-likeness (QED) is 0.637. The molecule has 1 saturated carbocycles. The smallest absolute Gasteiger partial charge is 0.273 e. The van der Waals surface area contributed by atoms with Crippen LogP contribution < -0.4 is 10.0 Å². The normalized spacial score (nSPS) is 16.3. The molecule has 2 rings (SSSR count). The van der Waals surface area contributed by atoms with Crippen LogP contribution in [0, 0.1) is 5.41 Å². The van der Waals surface area contributed by atoms with Crippen molar-refractivity contribution in [1.29, 1.82) is 0 Å². The molecule has 21 heavy (non-hydrogen) atoms. The van der Waals surface area contributed by atoms with Gasteiger partial charge in [-0.1, -0.05) is 13.8 Å². The average Bonchev–Trinajstić information content (AvgIpc) is 3.10. The molecule has 3 N–H and O–H groups in total. The molecule has 0 spiro atoms. The molecule has 0 aromatic carbocycles. The monoisotopic (exact) mass is 316 g/mol. The molecule has 0 aliphatic heterocycles. The number of nitrogens with one attached hydrogen (secondary N) is 2. The van der Waals surface area contributed by atoms with Crippen molar-refractivity contribution in [3.8, 4) is 0 Å². The molecule has 7 heteroatoms. The van der Waals surface area contributed by atoms with E-state index in [9.17, 15) is 8.42 Å². The van der Waals surface area contributed by atoms with E-state index in [0.29, 0.717) is 24.8 Å². The minimum Gasteiger partial charge on any atom is -0.447 e. The summed E-state index contributed by atoms with van der Waals surface area (Å²) >= 11 is 0. The van der Waals surface area contributed by atoms with Gasteiger partial charge in [0.05, 0.1) is 6.54 Å². The zero-order chi connectivity index (χ0) is 15.5. The molecule has 1 heterocycles. The highest BCUT2D eigenvalue weighted by molar-refractivity contribution is 7.89. The van der Waals surface area contributed by atoms with Gasteiger partial charge in [-0.2, -0.15) is 0 Å². The second-order valence-electron chi connectivity index (χ2n) is 6.34. The highest BCUT2D eigenvalue weighted by atomic mass is 32.2. The summed E-state index contributed by atoms with van der Waals surface area (Å²) < 4.78 is 32.2. The predicted octanol–water partition coefficient (Wildman–Crippen LogP) is 1.22. The Hall–Kier alpha value is -0.890. The van der Waals surface area contributed by atoms with Gasteiger partial charge >= 0.3 is 0 Å². The fourth-order valence-electron chi connectivity index (χ4n) is 1.88. The summed E-state index contributed by atoms with van der Waals surface area (Å²) in [5.74, 6) is 0.622. The first-order valence-electron chi connectivity index (χ1n) is 7.25. The molecule has 120 valence electrons. The zero-order valence-corrected chi connectivity index (χ0v) is 13.4. The maximum atomic E-state index is 12.2. The Balaban J connectivity index is 1.92. The van der Waals surface area contributed by atoms with Crippen LogP contribution in [0.5, 0.6) is 0 Å². The summed E-state index contributed by atoms with van der Waals surface area (Å²) in [6.45, 7) is 4.65. The number of hydrogen-bond donors (Lipinski definition) is 3. The molecular formula is C14H24N2O4S. The van der Waals surface area contributed by atoms with Crippen LogP contribution in [-0.4, -0.2) is 32.7 Å². The fourth-order valence-corrected chi connectivity index (χ4v) is 3.07. The van der Waals surface area contributed by atoms with E-state index in [1.54, 1.807) is 6.07 Å². The van der Waals surface area contributed by atoms with Crippen LogP contribution in [0.2, 0.25) is 0 Å². The van der Waals surface area contributed by atoms with E-state index >= 15 is 0 Å². The van der Waals surface area contributed by atoms with Gasteiger partial charge in [0.25, 0.3) is 10.0 Å². The predicted molar refractivity (Wildman–Crippen MR) is 79.2 cm³/mol. The van der Waals surface area contributed by atoms with Crippen LogP contribution in [-0.2, 0) is 16.6 Å². The van der Waals surface area contributed by atoms with Crippen LogP contribution in [0.25, 0.3) is 0 Å². The molecule has 0 radical (unpaired) electrons. The molecule has 1 aliphatic carbocycles. The van der Waals surface area contributed by atoms with Crippen molar-refractivity contribution in [2.24, 2.45) is 5.41 Å². The van der Waals surface area contributed by atoms with Crippen molar-refractivity contribution in [2.75, 3.05) is 13.2 Å². The van der Waals surface area contributed by atoms with Crippen LogP contribution in [0.1, 0.15) is 38.9 Å². The second kappa shape index (κ2) is 6.48. The van der Waals surface area contributed by atoms with Gasteiger partial charge in [-0.3, -0.25) is 0 Å². The Labute approximate surface area is 126 Å². The van der Waals surface area contributed by atoms with Crippen LogP contribution in [0.4, 0.5) is 0 Å². The molecule has 0 amide bonds. The first kappa shape index (κ1) is 16.5. The summed E-state index contributed by atoms with van der Waals surface area (Å²) in [5.41, 5.74) is -0.301. The number of furan rings is 1. The van der Waals surface area contributed by atoms with Gasteiger partial charge in [0.1, 0.15) is 5.76 Å². The highest BCUT2D eigenvalue weighted by Crippen LogP contribution is 2.22. The molecule has 0 bridgehead atoms. The van der Waals surface area contributed by atoms with Gasteiger partial charge in [0, 0.05) is 19.2 Å². The number of aliphatic hydroxyl groups is 1. The maximum absolute atomic E-state index is 12.2. The fraction of sp³-hybridized carbons (Fsp3) is 0.714. The first-order chi connectivity index (χ1) is 9.82. The Morgan fingerprint density at radius 2 is 2.10 bits per heavy atom. The van der Waals surface area contributed by atoms with E-state index < -0.39 is 10.0 Å². The first-order valence-corrected chi connectivity index (χ1v) is 8.73. The molecule has 1 fully saturated rings. The second-order valence-corrected chi connectivity index (χ2v) is 8.04. The SMILES string of the molecule is CC(C)(CCO)CNS(=O)(=O)c1ccc(CNC2CC2)o1. The third-order valence-electron chi connectivity index (χ3n) is 3.57. The summed E-state index contributed by atoms with van der Waals surface area (Å²) in [5, 5.41) is 12.2. The molecule has 1 aliphatic rings. The van der Waals surface area contributed by atoms with Crippen molar-refractivity contribution in [2.45, 2.75) is 50.8 Å². The van der Waals surface area contributed by atoms with Gasteiger partial charge in [-0.05, 0) is 36.8 Å². The summed E-state index contributed by atoms with van der Waals surface area (Å²) in [4.78, 5) is 0. The highest BCUT2D eigenvalue weighted by Gasteiger charge is 2.25. The number of aliphatic hydroxyl groups excluding tert-OH is 1. The topological polar surface area (TPSA) is 91.6 Å². The molecule has 0 atom stereocenters. The Morgan fingerprint density at radius 1 is 1.38 bits per heavy atom. The van der Waals surface area contributed by atoms with Crippen LogP contribution in [0.15, 0.2) is 21.6 Å². The van der Waals surface area contributed by atoms with Gasteiger partial charge in [0.15, 0.2) is 0 Å². The van der Waals surface area contributed by atoms with Crippen molar-refractivity contribution < 1.29 is 17.9 Å². The Bertz CT molecular complexity index is 561. The Kier molecular flexibility index (Phi) is 5.08. The molecular weight excluding hydrogens is 292 g/mol. The zero-order valence-electron chi connectivity index (χ0n) is 12.6. The number of rotatable bonds is 9. The lowest BCUT2D eigenvalue weighted by molar-refractivity contribution is 0.213. The largest absolute Gasteiger partial charge is 0.447 e. The minimum absolute atomic E-state index is 0.0342. The maximum Gasteiger partial charge on any atom is 0.273 e. The van der Waals surface area contributed by atoms with E-state index in [1.165, 1.54) is 18.9 Å². The summed E-state index contributed by atoms with van der Waals surface area (Å²) in [7, 11) is -3.64. The van der Waals surface area contributed by atoms with Gasteiger partial charge in [-0.25, -0.2) is 13.1 Å².